The summed E-state index contributed by atoms with van der Waals surface area (Å²) in [5, 5.41) is 54.6. The van der Waals surface area contributed by atoms with E-state index in [1.165, 1.54) is 26.0 Å². The van der Waals surface area contributed by atoms with E-state index in [0.717, 1.165) is 0 Å². The second-order valence-electron chi connectivity index (χ2n) is 8.57. The molecule has 0 spiro atoms. The van der Waals surface area contributed by atoms with E-state index in [4.69, 9.17) is 11.5 Å². The normalized spacial score (nSPS) is 34.9. The third kappa shape index (κ3) is 2.31. The molecule has 1 aromatic rings. The molecule has 10 nitrogen and oxygen atoms in total. The number of aliphatic hydroxyl groups is 4. The highest BCUT2D eigenvalue weighted by molar-refractivity contribution is 6.23. The summed E-state index contributed by atoms with van der Waals surface area (Å²) in [6, 6.07) is 2.74. The number of hydrogen-bond donors (Lipinski definition) is 7. The fourth-order valence-corrected chi connectivity index (χ4v) is 5.25. The number of hydrogen-bond acceptors (Lipinski definition) is 9. The molecule has 3 aliphatic rings. The molecule has 0 radical (unpaired) electrons. The molecule has 1 saturated carbocycles. The van der Waals surface area contributed by atoms with Crippen molar-refractivity contribution >= 4 is 28.9 Å². The van der Waals surface area contributed by atoms with Gasteiger partial charge < -0.3 is 37.0 Å². The van der Waals surface area contributed by atoms with Crippen LogP contribution in [0.4, 0.5) is 5.69 Å². The first kappa shape index (κ1) is 20.9. The van der Waals surface area contributed by atoms with Gasteiger partial charge in [0.2, 0.25) is 5.78 Å². The van der Waals surface area contributed by atoms with Crippen molar-refractivity contribution in [2.45, 2.75) is 31.5 Å². The molecule has 4 rings (SSSR count). The summed E-state index contributed by atoms with van der Waals surface area (Å²) in [5.41, 5.74) is 4.76. The van der Waals surface area contributed by atoms with Gasteiger partial charge in [0.15, 0.2) is 11.4 Å². The lowest BCUT2D eigenvalue weighted by Crippen LogP contribution is -2.62. The lowest BCUT2D eigenvalue weighted by molar-refractivity contribution is -0.157. The minimum Gasteiger partial charge on any atom is -0.508 e. The highest BCUT2D eigenvalue weighted by Crippen LogP contribution is 2.58. The van der Waals surface area contributed by atoms with Gasteiger partial charge in [0.05, 0.1) is 16.9 Å². The van der Waals surface area contributed by atoms with Crippen molar-refractivity contribution in [3.05, 3.63) is 40.2 Å². The van der Waals surface area contributed by atoms with E-state index in [1.54, 1.807) is 0 Å². The number of nitrogen functional groups attached to an aromatic ring is 1. The molecule has 3 aliphatic carbocycles. The molecule has 0 aliphatic heterocycles. The Morgan fingerprint density at radius 2 is 1.77 bits per heavy atom. The van der Waals surface area contributed by atoms with Crippen LogP contribution in [0.2, 0.25) is 0 Å². The van der Waals surface area contributed by atoms with Crippen LogP contribution in [0.5, 0.6) is 5.75 Å². The Bertz CT molecular complexity index is 1150. The van der Waals surface area contributed by atoms with Crippen molar-refractivity contribution < 1.29 is 39.9 Å². The SMILES string of the molecule is C[C@@H]1C(=O)C(C(N)=O)=C(O)[C@@]2(O)C(=O)C3=C(O)c4c(ccc(N)c4O)[C@@](C)(O)[C@H]3C[C@@H]12. The molecular weight excluding hydrogens is 408 g/mol. The largest absolute Gasteiger partial charge is 0.508 e. The van der Waals surface area contributed by atoms with Crippen LogP contribution < -0.4 is 11.5 Å². The molecule has 10 heteroatoms. The summed E-state index contributed by atoms with van der Waals surface area (Å²) in [7, 11) is 0. The zero-order valence-corrected chi connectivity index (χ0v) is 16.7. The predicted molar refractivity (Wildman–Crippen MR) is 106 cm³/mol. The average Bonchev–Trinajstić information content (AvgIpc) is 2.68. The highest BCUT2D eigenvalue weighted by Gasteiger charge is 2.65. The van der Waals surface area contributed by atoms with Crippen LogP contribution in [0.15, 0.2) is 29.0 Å². The molecule has 1 amide bonds. The van der Waals surface area contributed by atoms with Crippen molar-refractivity contribution in [1.29, 1.82) is 0 Å². The first-order valence-corrected chi connectivity index (χ1v) is 9.60. The molecule has 5 atom stereocenters. The minimum atomic E-state index is -2.72. The van der Waals surface area contributed by atoms with E-state index in [0.29, 0.717) is 0 Å². The number of primary amides is 1. The van der Waals surface area contributed by atoms with E-state index in [2.05, 4.69) is 0 Å². The van der Waals surface area contributed by atoms with Crippen LogP contribution in [-0.2, 0) is 20.0 Å². The fourth-order valence-electron chi connectivity index (χ4n) is 5.25. The van der Waals surface area contributed by atoms with Gasteiger partial charge in [0.1, 0.15) is 22.8 Å². The van der Waals surface area contributed by atoms with E-state index in [-0.39, 0.29) is 23.2 Å². The number of benzene rings is 1. The van der Waals surface area contributed by atoms with Crippen molar-refractivity contribution in [2.24, 2.45) is 23.5 Å². The van der Waals surface area contributed by atoms with Crippen LogP contribution in [0.25, 0.3) is 5.76 Å². The van der Waals surface area contributed by atoms with Crippen LogP contribution in [0, 0.1) is 17.8 Å². The summed E-state index contributed by atoms with van der Waals surface area (Å²) in [5.74, 6) is -9.17. The van der Waals surface area contributed by atoms with E-state index in [9.17, 15) is 39.9 Å². The number of nitrogens with two attached hydrogens (primary N) is 2. The molecular formula is C21H22N2O8. The third-order valence-electron chi connectivity index (χ3n) is 7.00. The quantitative estimate of drug-likeness (QED) is 0.180. The number of ketones is 2. The molecule has 0 aromatic heterocycles. The number of Topliss-reactive ketones (excluding diaryl/α,β-unsaturated/α-hetero) is 2. The number of phenolic OH excluding ortho intramolecular Hbond substituents is 1. The maximum atomic E-state index is 13.5. The number of carbonyl (C=O) groups is 3. The van der Waals surface area contributed by atoms with Crippen molar-refractivity contribution in [3.8, 4) is 5.75 Å². The summed E-state index contributed by atoms with van der Waals surface area (Å²) in [4.78, 5) is 37.9. The number of carbonyl (C=O) groups excluding carboxylic acids is 3. The third-order valence-corrected chi connectivity index (χ3v) is 7.00. The number of rotatable bonds is 1. The Kier molecular flexibility index (Phi) is 4.10. The molecule has 0 unspecified atom stereocenters. The van der Waals surface area contributed by atoms with Gasteiger partial charge in [-0.2, -0.15) is 0 Å². The summed E-state index contributed by atoms with van der Waals surface area (Å²) < 4.78 is 0. The van der Waals surface area contributed by atoms with Gasteiger partial charge in [-0.05, 0) is 25.0 Å². The molecule has 0 heterocycles. The van der Waals surface area contributed by atoms with E-state index in [1.807, 2.05) is 0 Å². The Hall–Kier alpha value is -3.37. The van der Waals surface area contributed by atoms with Crippen molar-refractivity contribution in [2.75, 3.05) is 5.73 Å². The number of aromatic hydroxyl groups is 1. The van der Waals surface area contributed by atoms with Gasteiger partial charge in [-0.25, -0.2) is 0 Å². The van der Waals surface area contributed by atoms with Gasteiger partial charge in [0.25, 0.3) is 5.91 Å². The van der Waals surface area contributed by atoms with Crippen LogP contribution in [0.1, 0.15) is 31.4 Å². The van der Waals surface area contributed by atoms with E-state index < -0.39 is 74.8 Å². The lowest BCUT2D eigenvalue weighted by Gasteiger charge is -2.51. The molecule has 31 heavy (non-hydrogen) atoms. The number of anilines is 1. The zero-order valence-electron chi connectivity index (χ0n) is 16.7. The Morgan fingerprint density at radius 1 is 1.16 bits per heavy atom. The second kappa shape index (κ2) is 6.08. The van der Waals surface area contributed by atoms with Gasteiger partial charge in [-0.1, -0.05) is 13.0 Å². The maximum absolute atomic E-state index is 13.5. The summed E-state index contributed by atoms with van der Waals surface area (Å²) in [6.07, 6.45) is -0.192. The number of fused-ring (bicyclic) bond motifs is 3. The molecule has 0 saturated heterocycles. The predicted octanol–water partition coefficient (Wildman–Crippen LogP) is -0.0829. The highest BCUT2D eigenvalue weighted by atomic mass is 16.3. The molecule has 164 valence electrons. The molecule has 1 aromatic carbocycles. The Labute approximate surface area is 176 Å². The lowest BCUT2D eigenvalue weighted by atomic mass is 9.53. The zero-order chi connectivity index (χ0) is 23.2. The van der Waals surface area contributed by atoms with Crippen molar-refractivity contribution in [3.63, 3.8) is 0 Å². The maximum Gasteiger partial charge on any atom is 0.255 e. The fraction of sp³-hybridized carbons (Fsp3) is 0.381. The van der Waals surface area contributed by atoms with Gasteiger partial charge in [-0.3, -0.25) is 14.4 Å². The van der Waals surface area contributed by atoms with Gasteiger partial charge in [0, 0.05) is 23.3 Å². The average molecular weight is 430 g/mol. The number of phenols is 1. The monoisotopic (exact) mass is 430 g/mol. The van der Waals surface area contributed by atoms with Crippen LogP contribution >= 0.6 is 0 Å². The molecule has 0 bridgehead atoms. The molecule has 9 N–H and O–H groups in total. The first-order valence-electron chi connectivity index (χ1n) is 9.60. The summed E-state index contributed by atoms with van der Waals surface area (Å²) >= 11 is 0. The van der Waals surface area contributed by atoms with Crippen LogP contribution in [0.3, 0.4) is 0 Å². The topological polar surface area (TPSA) is 204 Å². The number of amides is 1. The standard InChI is InChI=1S/C21H22N2O8/c1-6-8-5-9-12(17(27)21(8,31)18(28)13(14(6)24)19(23)29)16(26)11-7(20(9,2)30)3-4-10(22)15(11)25/h3-4,6,8-9,25-26,28,30-31H,5,22H2,1-2H3,(H2,23,29)/t6-,8-,9-,20+,21-/m0/s1. The minimum absolute atomic E-state index is 0.107. The van der Waals surface area contributed by atoms with Gasteiger partial charge in [-0.15, -0.1) is 0 Å². The second-order valence-corrected chi connectivity index (χ2v) is 8.57. The first-order chi connectivity index (χ1) is 14.3. The van der Waals surface area contributed by atoms with Gasteiger partial charge >= 0.3 is 0 Å². The Balaban J connectivity index is 2.05. The number of aliphatic hydroxyl groups excluding tert-OH is 2. The van der Waals surface area contributed by atoms with Crippen LogP contribution in [-0.4, -0.2) is 48.6 Å². The smallest absolute Gasteiger partial charge is 0.255 e. The molecule has 1 fully saturated rings. The summed E-state index contributed by atoms with van der Waals surface area (Å²) in [6.45, 7) is 2.75. The van der Waals surface area contributed by atoms with E-state index >= 15 is 0 Å². The Morgan fingerprint density at radius 3 is 2.35 bits per heavy atom. The van der Waals surface area contributed by atoms with Crippen molar-refractivity contribution in [1.82, 2.24) is 0 Å².